The molecule has 0 aliphatic heterocycles. The van der Waals surface area contributed by atoms with Gasteiger partial charge in [0.2, 0.25) is 0 Å². The van der Waals surface area contributed by atoms with Gasteiger partial charge in [-0.2, -0.15) is 4.68 Å². The molecule has 0 radical (unpaired) electrons. The average molecular weight is 335 g/mol. The van der Waals surface area contributed by atoms with Crippen LogP contribution < -0.4 is 11.1 Å². The number of aryl methyl sites for hydroxylation is 4. The van der Waals surface area contributed by atoms with Crippen LogP contribution in [0.5, 0.6) is 0 Å². The van der Waals surface area contributed by atoms with Gasteiger partial charge in [0, 0.05) is 5.69 Å². The van der Waals surface area contributed by atoms with Gasteiger partial charge in [-0.15, -0.1) is 5.10 Å². The largest absolute Gasteiger partial charge is 0.382 e. The lowest BCUT2D eigenvalue weighted by molar-refractivity contribution is 0.102. The summed E-state index contributed by atoms with van der Waals surface area (Å²) in [5.74, 6) is -0.149. The van der Waals surface area contributed by atoms with Gasteiger partial charge in [-0.05, 0) is 56.0 Å². The second kappa shape index (κ2) is 6.39. The highest BCUT2D eigenvalue weighted by atomic mass is 16.2. The summed E-state index contributed by atoms with van der Waals surface area (Å²) < 4.78 is 1.50. The molecule has 0 atom stereocenters. The van der Waals surface area contributed by atoms with Crippen LogP contribution >= 0.6 is 0 Å². The van der Waals surface area contributed by atoms with Crippen molar-refractivity contribution in [1.29, 1.82) is 0 Å². The Hall–Kier alpha value is -3.15. The summed E-state index contributed by atoms with van der Waals surface area (Å²) in [5.41, 5.74) is 11.9. The summed E-state index contributed by atoms with van der Waals surface area (Å²) in [6.07, 6.45) is 0. The molecule has 128 valence electrons. The van der Waals surface area contributed by atoms with Crippen LogP contribution in [0.2, 0.25) is 0 Å². The first-order chi connectivity index (χ1) is 11.9. The number of carbonyl (C=O) groups excluding carboxylic acids is 1. The van der Waals surface area contributed by atoms with Gasteiger partial charge in [0.1, 0.15) is 0 Å². The SMILES string of the molecule is Cc1ccc(C)c(-n2nnc(C(=O)Nc3c(C)cccc3C)c2N)c1. The topological polar surface area (TPSA) is 85.8 Å². The molecule has 1 amide bonds. The van der Waals surface area contributed by atoms with Crippen molar-refractivity contribution in [3.63, 3.8) is 0 Å². The van der Waals surface area contributed by atoms with Crippen LogP contribution in [-0.4, -0.2) is 20.9 Å². The van der Waals surface area contributed by atoms with Crippen LogP contribution in [0.25, 0.3) is 5.69 Å². The van der Waals surface area contributed by atoms with E-state index in [9.17, 15) is 4.79 Å². The van der Waals surface area contributed by atoms with Crippen molar-refractivity contribution in [2.75, 3.05) is 11.1 Å². The highest BCUT2D eigenvalue weighted by molar-refractivity contribution is 6.06. The van der Waals surface area contributed by atoms with Gasteiger partial charge in [-0.1, -0.05) is 35.5 Å². The molecule has 0 fully saturated rings. The first-order valence-corrected chi connectivity index (χ1v) is 8.05. The first kappa shape index (κ1) is 16.7. The number of nitrogens with one attached hydrogen (secondary N) is 1. The fourth-order valence-corrected chi connectivity index (χ4v) is 2.76. The average Bonchev–Trinajstić information content (AvgIpc) is 2.95. The minimum absolute atomic E-state index is 0.114. The van der Waals surface area contributed by atoms with Crippen molar-refractivity contribution in [3.05, 3.63) is 64.3 Å². The Bertz CT molecular complexity index is 938. The van der Waals surface area contributed by atoms with Crippen LogP contribution in [0.1, 0.15) is 32.7 Å². The summed E-state index contributed by atoms with van der Waals surface area (Å²) in [6, 6.07) is 11.8. The maximum absolute atomic E-state index is 12.6. The number of rotatable bonds is 3. The van der Waals surface area contributed by atoms with Crippen molar-refractivity contribution >= 4 is 17.4 Å². The molecular weight excluding hydrogens is 314 g/mol. The zero-order valence-corrected chi connectivity index (χ0v) is 14.8. The third kappa shape index (κ3) is 3.10. The van der Waals surface area contributed by atoms with Gasteiger partial charge in [-0.25, -0.2) is 0 Å². The molecule has 3 N–H and O–H groups in total. The summed E-state index contributed by atoms with van der Waals surface area (Å²) in [5, 5.41) is 11.0. The second-order valence-electron chi connectivity index (χ2n) is 6.25. The first-order valence-electron chi connectivity index (χ1n) is 8.05. The molecule has 6 heteroatoms. The number of benzene rings is 2. The Labute approximate surface area is 146 Å². The molecule has 0 aliphatic rings. The smallest absolute Gasteiger partial charge is 0.280 e. The molecule has 0 saturated carbocycles. The molecule has 0 bridgehead atoms. The van der Waals surface area contributed by atoms with Gasteiger partial charge < -0.3 is 11.1 Å². The number of hydrogen-bond donors (Lipinski definition) is 2. The third-order valence-electron chi connectivity index (χ3n) is 4.23. The number of anilines is 2. The van der Waals surface area contributed by atoms with Crippen molar-refractivity contribution in [2.24, 2.45) is 0 Å². The predicted octanol–water partition coefficient (Wildman–Crippen LogP) is 3.34. The lowest BCUT2D eigenvalue weighted by atomic mass is 10.1. The van der Waals surface area contributed by atoms with Crippen LogP contribution in [0.15, 0.2) is 36.4 Å². The van der Waals surface area contributed by atoms with Crippen molar-refractivity contribution < 1.29 is 4.79 Å². The maximum atomic E-state index is 12.6. The molecule has 0 saturated heterocycles. The maximum Gasteiger partial charge on any atom is 0.280 e. The van der Waals surface area contributed by atoms with E-state index in [1.807, 2.05) is 64.1 Å². The van der Waals surface area contributed by atoms with Crippen LogP contribution in [-0.2, 0) is 0 Å². The van der Waals surface area contributed by atoms with Gasteiger partial charge in [0.25, 0.3) is 5.91 Å². The van der Waals surface area contributed by atoms with E-state index in [0.717, 1.165) is 33.6 Å². The number of hydrogen-bond acceptors (Lipinski definition) is 4. The molecule has 3 rings (SSSR count). The standard InChI is InChI=1S/C19H21N5O/c1-11-8-9-12(2)15(10-11)24-18(20)17(22-23-24)19(25)21-16-13(3)6-5-7-14(16)4/h5-10H,20H2,1-4H3,(H,21,25). The van der Waals surface area contributed by atoms with Gasteiger partial charge >= 0.3 is 0 Å². The Morgan fingerprint density at radius 1 is 1.04 bits per heavy atom. The van der Waals surface area contributed by atoms with E-state index < -0.39 is 0 Å². The predicted molar refractivity (Wildman–Crippen MR) is 99.1 cm³/mol. The van der Waals surface area contributed by atoms with Gasteiger partial charge in [-0.3, -0.25) is 4.79 Å². The lowest BCUT2D eigenvalue weighted by Crippen LogP contribution is -2.16. The molecule has 2 aromatic carbocycles. The number of nitrogens with zero attached hydrogens (tertiary/aromatic N) is 3. The van der Waals surface area contributed by atoms with Crippen molar-refractivity contribution in [3.8, 4) is 5.69 Å². The van der Waals surface area contributed by atoms with Crippen LogP contribution in [0.4, 0.5) is 11.5 Å². The van der Waals surface area contributed by atoms with E-state index >= 15 is 0 Å². The van der Waals surface area contributed by atoms with Crippen LogP contribution in [0, 0.1) is 27.7 Å². The van der Waals surface area contributed by atoms with Crippen LogP contribution in [0.3, 0.4) is 0 Å². The monoisotopic (exact) mass is 335 g/mol. The fraction of sp³-hybridized carbons (Fsp3) is 0.211. The van der Waals surface area contributed by atoms with Crippen molar-refractivity contribution in [2.45, 2.75) is 27.7 Å². The summed E-state index contributed by atoms with van der Waals surface area (Å²) in [4.78, 5) is 12.6. The van der Waals surface area contributed by atoms with E-state index in [2.05, 4.69) is 15.6 Å². The molecular formula is C19H21N5O. The second-order valence-corrected chi connectivity index (χ2v) is 6.25. The van der Waals surface area contributed by atoms with E-state index in [1.165, 1.54) is 4.68 Å². The van der Waals surface area contributed by atoms with E-state index in [-0.39, 0.29) is 17.4 Å². The third-order valence-corrected chi connectivity index (χ3v) is 4.23. The number of amides is 1. The lowest BCUT2D eigenvalue weighted by Gasteiger charge is -2.11. The quantitative estimate of drug-likeness (QED) is 0.768. The number of nitrogen functional groups attached to an aromatic ring is 1. The number of aromatic nitrogens is 3. The Morgan fingerprint density at radius 3 is 2.40 bits per heavy atom. The molecule has 1 heterocycles. The normalized spacial score (nSPS) is 10.7. The Balaban J connectivity index is 1.96. The zero-order chi connectivity index (χ0) is 18.1. The molecule has 0 unspecified atom stereocenters. The molecule has 0 spiro atoms. The summed E-state index contributed by atoms with van der Waals surface area (Å²) >= 11 is 0. The molecule has 3 aromatic rings. The van der Waals surface area contributed by atoms with E-state index in [1.54, 1.807) is 0 Å². The molecule has 6 nitrogen and oxygen atoms in total. The molecule has 25 heavy (non-hydrogen) atoms. The van der Waals surface area contributed by atoms with Crippen molar-refractivity contribution in [1.82, 2.24) is 15.0 Å². The number of para-hydroxylation sites is 1. The van der Waals surface area contributed by atoms with Gasteiger partial charge in [0.15, 0.2) is 11.5 Å². The fourth-order valence-electron chi connectivity index (χ4n) is 2.76. The van der Waals surface area contributed by atoms with E-state index in [0.29, 0.717) is 0 Å². The number of carbonyl (C=O) groups is 1. The summed E-state index contributed by atoms with van der Waals surface area (Å²) in [6.45, 7) is 7.84. The minimum Gasteiger partial charge on any atom is -0.382 e. The van der Waals surface area contributed by atoms with E-state index in [4.69, 9.17) is 5.73 Å². The number of nitrogens with two attached hydrogens (primary N) is 1. The minimum atomic E-state index is -0.369. The molecule has 1 aromatic heterocycles. The zero-order valence-electron chi connectivity index (χ0n) is 14.8. The summed E-state index contributed by atoms with van der Waals surface area (Å²) in [7, 11) is 0. The Morgan fingerprint density at radius 2 is 1.72 bits per heavy atom. The Kier molecular flexibility index (Phi) is 4.27. The molecule has 0 aliphatic carbocycles. The van der Waals surface area contributed by atoms with Gasteiger partial charge in [0.05, 0.1) is 5.69 Å². The highest BCUT2D eigenvalue weighted by Gasteiger charge is 2.20. The highest BCUT2D eigenvalue weighted by Crippen LogP contribution is 2.23.